The van der Waals surface area contributed by atoms with Gasteiger partial charge in [-0.15, -0.1) is 0 Å². The summed E-state index contributed by atoms with van der Waals surface area (Å²) in [7, 11) is 1.24. The Hall–Kier alpha value is -1.83. The van der Waals surface area contributed by atoms with Crippen molar-refractivity contribution in [1.29, 1.82) is 0 Å². The Morgan fingerprint density at radius 3 is 2.36 bits per heavy atom. The summed E-state index contributed by atoms with van der Waals surface area (Å²) < 4.78 is 9.80. The molecular weight excluding hydrogens is 326 g/mol. The van der Waals surface area contributed by atoms with E-state index in [4.69, 9.17) is 4.74 Å². The molecule has 0 aromatic heterocycles. The summed E-state index contributed by atoms with van der Waals surface area (Å²) in [5.41, 5.74) is -0.669. The van der Waals surface area contributed by atoms with Gasteiger partial charge in [-0.2, -0.15) is 0 Å². The first kappa shape index (κ1) is 21.2. The molecule has 0 radical (unpaired) electrons. The Kier molecular flexibility index (Phi) is 8.68. The molecule has 8 nitrogen and oxygen atoms in total. The van der Waals surface area contributed by atoms with Gasteiger partial charge in [0.05, 0.1) is 7.11 Å². The Balaban J connectivity index is 2.34. The molecule has 0 bridgehead atoms. The normalized spacial score (nSPS) is 16.2. The smallest absolute Gasteiger partial charge is 0.408 e. The third kappa shape index (κ3) is 9.28. The molecule has 2 amide bonds. The molecule has 0 aliphatic carbocycles. The van der Waals surface area contributed by atoms with Crippen LogP contribution in [0.5, 0.6) is 0 Å². The van der Waals surface area contributed by atoms with Gasteiger partial charge in [-0.25, -0.2) is 9.59 Å². The van der Waals surface area contributed by atoms with E-state index in [1.807, 2.05) is 0 Å². The van der Waals surface area contributed by atoms with Crippen LogP contribution in [0.2, 0.25) is 0 Å². The number of methoxy groups -OCH3 is 1. The van der Waals surface area contributed by atoms with Crippen LogP contribution >= 0.6 is 0 Å². The zero-order chi connectivity index (χ0) is 18.9. The second kappa shape index (κ2) is 10.2. The molecule has 0 saturated carbocycles. The minimum absolute atomic E-state index is 0.121. The predicted octanol–water partition coefficient (Wildman–Crippen LogP) is 1.04. The number of amides is 2. The van der Waals surface area contributed by atoms with Gasteiger partial charge in [-0.1, -0.05) is 0 Å². The number of nitrogens with zero attached hydrogens (tertiary/aromatic N) is 1. The minimum Gasteiger partial charge on any atom is -0.467 e. The lowest BCUT2D eigenvalue weighted by Crippen LogP contribution is -2.44. The zero-order valence-electron chi connectivity index (χ0n) is 15.7. The van der Waals surface area contributed by atoms with Crippen LogP contribution in [0.25, 0.3) is 0 Å². The first-order valence-corrected chi connectivity index (χ1v) is 8.77. The summed E-state index contributed by atoms with van der Waals surface area (Å²) in [5.74, 6) is -0.755. The summed E-state index contributed by atoms with van der Waals surface area (Å²) >= 11 is 0. The maximum absolute atomic E-state index is 11.9. The van der Waals surface area contributed by atoms with Crippen LogP contribution in [0.3, 0.4) is 0 Å². The first-order chi connectivity index (χ1) is 11.7. The van der Waals surface area contributed by atoms with Crippen LogP contribution in [-0.4, -0.2) is 67.8 Å². The van der Waals surface area contributed by atoms with Gasteiger partial charge in [0.1, 0.15) is 11.6 Å². The number of carbonyl (C=O) groups is 3. The fraction of sp³-hybridized carbons (Fsp3) is 0.824. The number of hydrogen-bond donors (Lipinski definition) is 2. The number of carbonyl (C=O) groups excluding carboxylic acids is 3. The topological polar surface area (TPSA) is 97.0 Å². The lowest BCUT2D eigenvalue weighted by molar-refractivity contribution is -0.143. The van der Waals surface area contributed by atoms with Crippen molar-refractivity contribution in [1.82, 2.24) is 15.5 Å². The number of hydrogen-bond acceptors (Lipinski definition) is 6. The van der Waals surface area contributed by atoms with E-state index < -0.39 is 23.7 Å². The standard InChI is InChI=1S/C17H31N3O5/c1-17(2,3)25-16(23)19-13(15(22)24-4)7-8-14(21)18-9-12-20-10-5-6-11-20/h13H,5-12H2,1-4H3,(H,18,21)(H,19,23)/t13-/m0/s1. The molecule has 1 fully saturated rings. The number of nitrogens with one attached hydrogen (secondary N) is 2. The van der Waals surface area contributed by atoms with Crippen molar-refractivity contribution in [2.45, 2.75) is 58.1 Å². The van der Waals surface area contributed by atoms with E-state index in [1.165, 1.54) is 20.0 Å². The van der Waals surface area contributed by atoms with Crippen molar-refractivity contribution < 1.29 is 23.9 Å². The molecular formula is C17H31N3O5. The zero-order valence-corrected chi connectivity index (χ0v) is 15.7. The van der Waals surface area contributed by atoms with Crippen LogP contribution in [0, 0.1) is 0 Å². The van der Waals surface area contributed by atoms with E-state index >= 15 is 0 Å². The van der Waals surface area contributed by atoms with Gasteiger partial charge in [-0.05, 0) is 53.1 Å². The van der Waals surface area contributed by atoms with Gasteiger partial charge in [0, 0.05) is 19.5 Å². The highest BCUT2D eigenvalue weighted by Gasteiger charge is 2.25. The van der Waals surface area contributed by atoms with Crippen molar-refractivity contribution in [3.8, 4) is 0 Å². The monoisotopic (exact) mass is 357 g/mol. The van der Waals surface area contributed by atoms with Crippen molar-refractivity contribution >= 4 is 18.0 Å². The first-order valence-electron chi connectivity index (χ1n) is 8.77. The Bertz CT molecular complexity index is 456. The van der Waals surface area contributed by atoms with Crippen molar-refractivity contribution in [3.63, 3.8) is 0 Å². The molecule has 0 aromatic carbocycles. The largest absolute Gasteiger partial charge is 0.467 e. The highest BCUT2D eigenvalue weighted by Crippen LogP contribution is 2.08. The average Bonchev–Trinajstić information content (AvgIpc) is 3.02. The molecule has 1 heterocycles. The van der Waals surface area contributed by atoms with E-state index in [-0.39, 0.29) is 18.7 Å². The summed E-state index contributed by atoms with van der Waals surface area (Å²) in [6, 6.07) is -0.913. The SMILES string of the molecule is COC(=O)[C@H](CCC(=O)NCCN1CCCC1)NC(=O)OC(C)(C)C. The van der Waals surface area contributed by atoms with Crippen molar-refractivity contribution in [2.24, 2.45) is 0 Å². The second-order valence-electron chi connectivity index (χ2n) is 7.16. The van der Waals surface area contributed by atoms with Crippen LogP contribution < -0.4 is 10.6 Å². The quantitative estimate of drug-likeness (QED) is 0.630. The molecule has 2 N–H and O–H groups in total. The lowest BCUT2D eigenvalue weighted by atomic mass is 10.1. The van der Waals surface area contributed by atoms with Gasteiger partial charge in [0.2, 0.25) is 5.91 Å². The van der Waals surface area contributed by atoms with E-state index in [9.17, 15) is 14.4 Å². The summed E-state index contributed by atoms with van der Waals surface area (Å²) in [4.78, 5) is 37.8. The fourth-order valence-corrected chi connectivity index (χ4v) is 2.56. The van der Waals surface area contributed by atoms with Crippen molar-refractivity contribution in [3.05, 3.63) is 0 Å². The third-order valence-corrected chi connectivity index (χ3v) is 3.79. The van der Waals surface area contributed by atoms with E-state index in [2.05, 4.69) is 20.3 Å². The fourth-order valence-electron chi connectivity index (χ4n) is 2.56. The predicted molar refractivity (Wildman–Crippen MR) is 93.1 cm³/mol. The van der Waals surface area contributed by atoms with Crippen molar-refractivity contribution in [2.75, 3.05) is 33.3 Å². The highest BCUT2D eigenvalue weighted by molar-refractivity contribution is 5.82. The highest BCUT2D eigenvalue weighted by atomic mass is 16.6. The van der Waals surface area contributed by atoms with Crippen LogP contribution in [0.4, 0.5) is 4.79 Å². The molecule has 1 rings (SSSR count). The second-order valence-corrected chi connectivity index (χ2v) is 7.16. The average molecular weight is 357 g/mol. The molecule has 1 aliphatic heterocycles. The third-order valence-electron chi connectivity index (χ3n) is 3.79. The van der Waals surface area contributed by atoms with Gasteiger partial charge >= 0.3 is 12.1 Å². The van der Waals surface area contributed by atoms with Crippen LogP contribution in [0.15, 0.2) is 0 Å². The number of esters is 1. The number of ether oxygens (including phenoxy) is 2. The number of rotatable bonds is 8. The Labute approximate surface area is 149 Å². The molecule has 1 atom stereocenters. The summed E-state index contributed by atoms with van der Waals surface area (Å²) in [6.45, 7) is 8.78. The number of likely N-dealkylation sites (tertiary alicyclic amines) is 1. The summed E-state index contributed by atoms with van der Waals surface area (Å²) in [6.07, 6.45) is 1.99. The maximum Gasteiger partial charge on any atom is 0.408 e. The molecule has 0 spiro atoms. The Morgan fingerprint density at radius 1 is 1.16 bits per heavy atom. The molecule has 25 heavy (non-hydrogen) atoms. The van der Waals surface area contributed by atoms with Gasteiger partial charge < -0.3 is 25.0 Å². The molecule has 0 unspecified atom stereocenters. The van der Waals surface area contributed by atoms with Gasteiger partial charge in [-0.3, -0.25) is 4.79 Å². The molecule has 144 valence electrons. The summed E-state index contributed by atoms with van der Waals surface area (Å²) in [5, 5.41) is 5.29. The molecule has 1 saturated heterocycles. The maximum atomic E-state index is 11.9. The lowest BCUT2D eigenvalue weighted by Gasteiger charge is -2.22. The minimum atomic E-state index is -0.913. The molecule has 8 heteroatoms. The van der Waals surface area contributed by atoms with Crippen LogP contribution in [-0.2, 0) is 19.1 Å². The van der Waals surface area contributed by atoms with E-state index in [0.29, 0.717) is 6.54 Å². The van der Waals surface area contributed by atoms with E-state index in [1.54, 1.807) is 20.8 Å². The number of alkyl carbamates (subject to hydrolysis) is 1. The Morgan fingerprint density at radius 2 is 1.80 bits per heavy atom. The van der Waals surface area contributed by atoms with Gasteiger partial charge in [0.15, 0.2) is 0 Å². The van der Waals surface area contributed by atoms with Crippen LogP contribution in [0.1, 0.15) is 46.5 Å². The van der Waals surface area contributed by atoms with E-state index in [0.717, 1.165) is 19.6 Å². The molecule has 1 aliphatic rings. The van der Waals surface area contributed by atoms with Gasteiger partial charge in [0.25, 0.3) is 0 Å². The molecule has 0 aromatic rings.